The Morgan fingerprint density at radius 1 is 1.33 bits per heavy atom. The fraction of sp³-hybridized carbons (Fsp3) is 0.786. The zero-order chi connectivity index (χ0) is 15.6. The summed E-state index contributed by atoms with van der Waals surface area (Å²) in [6.45, 7) is 6.10. The van der Waals surface area contributed by atoms with Crippen molar-refractivity contribution in [3.63, 3.8) is 0 Å². The molecule has 2 heterocycles. The largest absolute Gasteiger partial charge is 0.337 e. The van der Waals surface area contributed by atoms with E-state index in [-0.39, 0.29) is 36.5 Å². The summed E-state index contributed by atoms with van der Waals surface area (Å²) in [6.07, 6.45) is 0.896. The average Bonchev–Trinajstić information content (AvgIpc) is 2.68. The molecule has 2 fully saturated rings. The maximum absolute atomic E-state index is 12.3. The number of nitrogens with zero attached hydrogens (tertiary/aromatic N) is 3. The Kier molecular flexibility index (Phi) is 4.82. The molecule has 0 aromatic heterocycles. The first-order valence-corrected chi connectivity index (χ1v) is 7.50. The van der Waals surface area contributed by atoms with E-state index in [2.05, 4.69) is 12.2 Å². The predicted octanol–water partition coefficient (Wildman–Crippen LogP) is -0.131. The van der Waals surface area contributed by atoms with Gasteiger partial charge in [-0.15, -0.1) is 0 Å². The molecule has 0 aromatic rings. The minimum absolute atomic E-state index is 0.100. The molecule has 2 rings (SSSR count). The van der Waals surface area contributed by atoms with E-state index >= 15 is 0 Å². The molecule has 7 nitrogen and oxygen atoms in total. The van der Waals surface area contributed by atoms with Crippen LogP contribution in [0.2, 0.25) is 0 Å². The molecule has 118 valence electrons. The Labute approximate surface area is 125 Å². The van der Waals surface area contributed by atoms with Gasteiger partial charge in [-0.05, 0) is 20.3 Å². The van der Waals surface area contributed by atoms with E-state index in [1.807, 2.05) is 11.8 Å². The van der Waals surface area contributed by atoms with E-state index < -0.39 is 0 Å². The fourth-order valence-corrected chi connectivity index (χ4v) is 2.83. The average molecular weight is 296 g/mol. The van der Waals surface area contributed by atoms with Crippen molar-refractivity contribution in [2.45, 2.75) is 38.8 Å². The molecule has 2 saturated heterocycles. The number of hydrogen-bond acceptors (Lipinski definition) is 4. The summed E-state index contributed by atoms with van der Waals surface area (Å²) in [5, 5.41) is 3.34. The van der Waals surface area contributed by atoms with E-state index in [0.717, 1.165) is 6.54 Å². The number of nitrogens with one attached hydrogen (secondary N) is 1. The molecule has 0 bridgehead atoms. The highest BCUT2D eigenvalue weighted by atomic mass is 16.2. The first kappa shape index (κ1) is 15.8. The van der Waals surface area contributed by atoms with Crippen LogP contribution in [0.3, 0.4) is 0 Å². The molecule has 7 heteroatoms. The van der Waals surface area contributed by atoms with Crippen molar-refractivity contribution in [2.24, 2.45) is 0 Å². The van der Waals surface area contributed by atoms with Gasteiger partial charge in [-0.25, -0.2) is 4.79 Å². The molecular formula is C14H24N4O3. The molecule has 0 radical (unpaired) electrons. The molecule has 2 atom stereocenters. The van der Waals surface area contributed by atoms with Gasteiger partial charge in [0.05, 0.1) is 0 Å². The summed E-state index contributed by atoms with van der Waals surface area (Å²) in [6, 6.07) is 0.196. The molecule has 2 aliphatic heterocycles. The molecule has 2 unspecified atom stereocenters. The molecule has 0 saturated carbocycles. The second-order valence-corrected chi connectivity index (χ2v) is 5.86. The quantitative estimate of drug-likeness (QED) is 0.734. The molecule has 1 N–H and O–H groups in total. The van der Waals surface area contributed by atoms with Gasteiger partial charge in [-0.2, -0.15) is 0 Å². The number of hydrogen-bond donors (Lipinski definition) is 1. The normalized spacial score (nSPS) is 26.7. The van der Waals surface area contributed by atoms with Crippen LogP contribution in [0.4, 0.5) is 4.79 Å². The van der Waals surface area contributed by atoms with Crippen LogP contribution in [-0.4, -0.2) is 77.9 Å². The topological polar surface area (TPSA) is 73.0 Å². The van der Waals surface area contributed by atoms with Crippen LogP contribution in [0.1, 0.15) is 26.7 Å². The number of carbonyl (C=O) groups is 3. The second kappa shape index (κ2) is 6.43. The van der Waals surface area contributed by atoms with Crippen molar-refractivity contribution in [3.05, 3.63) is 0 Å². The van der Waals surface area contributed by atoms with Gasteiger partial charge in [0, 0.05) is 45.2 Å². The van der Waals surface area contributed by atoms with E-state index in [1.165, 1.54) is 9.80 Å². The van der Waals surface area contributed by atoms with Crippen molar-refractivity contribution >= 4 is 17.8 Å². The maximum atomic E-state index is 12.3. The zero-order valence-electron chi connectivity index (χ0n) is 13.0. The van der Waals surface area contributed by atoms with Crippen LogP contribution in [0.15, 0.2) is 0 Å². The summed E-state index contributed by atoms with van der Waals surface area (Å²) in [5.74, 6) is -0.0811. The minimum atomic E-state index is -0.267. The van der Waals surface area contributed by atoms with Gasteiger partial charge in [0.2, 0.25) is 11.8 Å². The number of imide groups is 1. The number of amides is 4. The Morgan fingerprint density at radius 3 is 2.67 bits per heavy atom. The van der Waals surface area contributed by atoms with Crippen molar-refractivity contribution in [3.8, 4) is 0 Å². The SMILES string of the molecule is CC1NCCN(C(=O)CCCN2C(=O)CN(C)C2=O)C1C. The van der Waals surface area contributed by atoms with Crippen LogP contribution in [0, 0.1) is 0 Å². The van der Waals surface area contributed by atoms with Crippen LogP contribution in [-0.2, 0) is 9.59 Å². The van der Waals surface area contributed by atoms with Gasteiger partial charge in [0.15, 0.2) is 0 Å². The zero-order valence-corrected chi connectivity index (χ0v) is 13.0. The Bertz CT molecular complexity index is 440. The van der Waals surface area contributed by atoms with Gasteiger partial charge in [-0.3, -0.25) is 14.5 Å². The lowest BCUT2D eigenvalue weighted by Crippen LogP contribution is -2.57. The Morgan fingerprint density at radius 2 is 2.05 bits per heavy atom. The van der Waals surface area contributed by atoms with E-state index in [1.54, 1.807) is 7.05 Å². The summed E-state index contributed by atoms with van der Waals surface area (Å²) in [5.41, 5.74) is 0. The predicted molar refractivity (Wildman–Crippen MR) is 77.6 cm³/mol. The lowest BCUT2D eigenvalue weighted by molar-refractivity contribution is -0.135. The Balaban J connectivity index is 1.79. The smallest absolute Gasteiger partial charge is 0.326 e. The summed E-state index contributed by atoms with van der Waals surface area (Å²) < 4.78 is 0. The highest BCUT2D eigenvalue weighted by Crippen LogP contribution is 2.13. The lowest BCUT2D eigenvalue weighted by atomic mass is 10.1. The van der Waals surface area contributed by atoms with Crippen molar-refractivity contribution in [1.29, 1.82) is 0 Å². The monoisotopic (exact) mass is 296 g/mol. The molecule has 0 spiro atoms. The number of rotatable bonds is 4. The summed E-state index contributed by atoms with van der Waals surface area (Å²) in [4.78, 5) is 40.1. The highest BCUT2D eigenvalue weighted by molar-refractivity contribution is 6.01. The fourth-order valence-electron chi connectivity index (χ4n) is 2.83. The van der Waals surface area contributed by atoms with Crippen molar-refractivity contribution in [2.75, 3.05) is 33.2 Å². The second-order valence-electron chi connectivity index (χ2n) is 5.86. The van der Waals surface area contributed by atoms with Gasteiger partial charge in [-0.1, -0.05) is 0 Å². The lowest BCUT2D eigenvalue weighted by Gasteiger charge is -2.38. The molecular weight excluding hydrogens is 272 g/mol. The highest BCUT2D eigenvalue weighted by Gasteiger charge is 2.33. The third-order valence-electron chi connectivity index (χ3n) is 4.36. The van der Waals surface area contributed by atoms with Crippen molar-refractivity contribution < 1.29 is 14.4 Å². The molecule has 0 aromatic carbocycles. The summed E-state index contributed by atoms with van der Waals surface area (Å²) >= 11 is 0. The first-order chi connectivity index (χ1) is 9.91. The third kappa shape index (κ3) is 3.34. The summed E-state index contributed by atoms with van der Waals surface area (Å²) in [7, 11) is 1.61. The van der Waals surface area contributed by atoms with Gasteiger partial charge in [0.1, 0.15) is 6.54 Å². The van der Waals surface area contributed by atoms with Crippen LogP contribution < -0.4 is 5.32 Å². The number of carbonyl (C=O) groups excluding carboxylic acids is 3. The maximum Gasteiger partial charge on any atom is 0.326 e. The molecule has 21 heavy (non-hydrogen) atoms. The van der Waals surface area contributed by atoms with Crippen LogP contribution in [0.5, 0.6) is 0 Å². The number of urea groups is 1. The molecule has 0 aliphatic carbocycles. The van der Waals surface area contributed by atoms with Gasteiger partial charge in [0.25, 0.3) is 0 Å². The third-order valence-corrected chi connectivity index (χ3v) is 4.36. The van der Waals surface area contributed by atoms with Gasteiger partial charge >= 0.3 is 6.03 Å². The molecule has 2 aliphatic rings. The van der Waals surface area contributed by atoms with E-state index in [4.69, 9.17) is 0 Å². The first-order valence-electron chi connectivity index (χ1n) is 7.50. The molecule has 4 amide bonds. The van der Waals surface area contributed by atoms with E-state index in [9.17, 15) is 14.4 Å². The standard InChI is InChI=1S/C14H24N4O3/c1-10-11(2)17(8-6-15-10)12(19)5-4-7-18-13(20)9-16(3)14(18)21/h10-11,15H,4-9H2,1-3H3. The van der Waals surface area contributed by atoms with Crippen molar-refractivity contribution in [1.82, 2.24) is 20.0 Å². The van der Waals surface area contributed by atoms with Gasteiger partial charge < -0.3 is 15.1 Å². The van der Waals surface area contributed by atoms with Crippen LogP contribution >= 0.6 is 0 Å². The Hall–Kier alpha value is -1.63. The minimum Gasteiger partial charge on any atom is -0.337 e. The number of likely N-dealkylation sites (N-methyl/N-ethyl adjacent to an activating group) is 1. The van der Waals surface area contributed by atoms with Crippen LogP contribution in [0.25, 0.3) is 0 Å². The number of piperazine rings is 1. The van der Waals surface area contributed by atoms with E-state index in [0.29, 0.717) is 25.9 Å².